The average Bonchev–Trinajstić information content (AvgIpc) is 2.74. The number of esters is 4. The maximum absolute atomic E-state index is 12.2. The van der Waals surface area contributed by atoms with Gasteiger partial charge in [-0.15, -0.1) is 0 Å². The number of aromatic nitrogens is 2. The van der Waals surface area contributed by atoms with E-state index in [0.29, 0.717) is 10.9 Å². The number of fused-ring (bicyclic) bond motifs is 1. The van der Waals surface area contributed by atoms with Crippen LogP contribution < -0.4 is 11.0 Å². The Kier molecular flexibility index (Phi) is 9.23. The number of hydrogen-bond acceptors (Lipinski definition) is 12. The molecule has 0 bridgehead atoms. The number of carbonyl (C=O) groups is 4. The number of benzene rings is 1. The number of carbonyl (C=O) groups excluding carboxylic acids is 4. The number of anilines is 1. The summed E-state index contributed by atoms with van der Waals surface area (Å²) in [6, 6.07) is 6.64. The summed E-state index contributed by atoms with van der Waals surface area (Å²) in [5, 5.41) is 4.28. The topological polar surface area (TPSA) is 175 Å². The molecule has 3 atom stereocenters. The number of nitrogens with zero attached hydrogens (tertiary/aromatic N) is 2. The molecule has 182 valence electrons. The van der Waals surface area contributed by atoms with E-state index >= 15 is 0 Å². The van der Waals surface area contributed by atoms with E-state index < -0.39 is 54.4 Å². The van der Waals surface area contributed by atoms with Gasteiger partial charge in [0.05, 0.1) is 17.1 Å². The van der Waals surface area contributed by atoms with Gasteiger partial charge in [-0.05, 0) is 12.1 Å². The third-order valence-electron chi connectivity index (χ3n) is 4.07. The Bertz CT molecular complexity index is 1140. The molecular formula is C21H24N4O9. The van der Waals surface area contributed by atoms with E-state index in [9.17, 15) is 24.0 Å². The summed E-state index contributed by atoms with van der Waals surface area (Å²) in [5.74, 6) is -3.00. The number of H-pyrrole nitrogens is 1. The number of hydrazone groups is 1. The van der Waals surface area contributed by atoms with Crippen LogP contribution in [0.2, 0.25) is 0 Å². The van der Waals surface area contributed by atoms with Crippen molar-refractivity contribution in [3.05, 3.63) is 34.6 Å². The van der Waals surface area contributed by atoms with Crippen molar-refractivity contribution >= 4 is 46.9 Å². The highest BCUT2D eigenvalue weighted by Crippen LogP contribution is 2.15. The van der Waals surface area contributed by atoms with Crippen molar-refractivity contribution in [2.45, 2.75) is 46.0 Å². The number of rotatable bonds is 10. The molecule has 0 spiro atoms. The van der Waals surface area contributed by atoms with Gasteiger partial charge in [0.25, 0.3) is 5.56 Å². The molecule has 0 radical (unpaired) electrons. The first kappa shape index (κ1) is 26.0. The third-order valence-corrected chi connectivity index (χ3v) is 4.07. The first-order chi connectivity index (χ1) is 16.1. The predicted molar refractivity (Wildman–Crippen MR) is 118 cm³/mol. The van der Waals surface area contributed by atoms with E-state index in [2.05, 4.69) is 20.5 Å². The molecule has 2 rings (SSSR count). The van der Waals surface area contributed by atoms with Crippen molar-refractivity contribution in [3.8, 4) is 0 Å². The number of ether oxygens (including phenoxy) is 4. The molecule has 0 aliphatic carbocycles. The molecule has 34 heavy (non-hydrogen) atoms. The minimum absolute atomic E-state index is 0.0120. The fourth-order valence-electron chi connectivity index (χ4n) is 2.84. The molecule has 0 amide bonds. The number of para-hydroxylation sites is 1. The quantitative estimate of drug-likeness (QED) is 0.213. The highest BCUT2D eigenvalue weighted by atomic mass is 16.6. The van der Waals surface area contributed by atoms with Crippen LogP contribution in [0.4, 0.5) is 5.95 Å². The number of nitrogens with one attached hydrogen (secondary N) is 2. The lowest BCUT2D eigenvalue weighted by molar-refractivity contribution is -0.183. The number of hydrogen-bond donors (Lipinski definition) is 2. The van der Waals surface area contributed by atoms with E-state index in [-0.39, 0.29) is 5.95 Å². The summed E-state index contributed by atoms with van der Waals surface area (Å²) in [4.78, 5) is 65.1. The maximum atomic E-state index is 12.2. The van der Waals surface area contributed by atoms with Gasteiger partial charge < -0.3 is 18.9 Å². The normalized spacial score (nSPS) is 13.5. The lowest BCUT2D eigenvalue weighted by atomic mass is 10.1. The van der Waals surface area contributed by atoms with Gasteiger partial charge in [0.1, 0.15) is 6.61 Å². The van der Waals surface area contributed by atoms with Gasteiger partial charge in [-0.2, -0.15) is 5.10 Å². The molecule has 0 aliphatic heterocycles. The van der Waals surface area contributed by atoms with Gasteiger partial charge in [0.2, 0.25) is 5.95 Å². The fourth-order valence-corrected chi connectivity index (χ4v) is 2.84. The van der Waals surface area contributed by atoms with E-state index in [1.165, 1.54) is 0 Å². The molecule has 13 nitrogen and oxygen atoms in total. The first-order valence-electron chi connectivity index (χ1n) is 10.00. The smallest absolute Gasteiger partial charge is 0.303 e. The van der Waals surface area contributed by atoms with E-state index in [0.717, 1.165) is 33.9 Å². The zero-order chi connectivity index (χ0) is 25.3. The summed E-state index contributed by atoms with van der Waals surface area (Å²) in [6.45, 7) is 3.95. The van der Waals surface area contributed by atoms with Crippen molar-refractivity contribution in [1.29, 1.82) is 0 Å². The Hall–Kier alpha value is -4.29. The van der Waals surface area contributed by atoms with Crippen LogP contribution in [-0.4, -0.2) is 65.0 Å². The minimum atomic E-state index is -1.42. The zero-order valence-electron chi connectivity index (χ0n) is 18.9. The molecule has 2 aromatic rings. The molecule has 0 fully saturated rings. The highest BCUT2D eigenvalue weighted by Gasteiger charge is 2.37. The molecule has 1 heterocycles. The van der Waals surface area contributed by atoms with Gasteiger partial charge in [-0.25, -0.2) is 10.4 Å². The lowest BCUT2D eigenvalue weighted by Gasteiger charge is -2.29. The molecule has 2 N–H and O–H groups in total. The van der Waals surface area contributed by atoms with Crippen LogP contribution in [-0.2, 0) is 38.1 Å². The fraction of sp³-hybridized carbons (Fsp3) is 0.381. The van der Waals surface area contributed by atoms with Crippen molar-refractivity contribution < 1.29 is 38.1 Å². The molecule has 0 saturated heterocycles. The van der Waals surface area contributed by atoms with Crippen LogP contribution in [0, 0.1) is 0 Å². The second kappa shape index (κ2) is 12.1. The largest absolute Gasteiger partial charge is 0.462 e. The van der Waals surface area contributed by atoms with E-state index in [1.807, 2.05) is 0 Å². The van der Waals surface area contributed by atoms with Crippen LogP contribution in [0.1, 0.15) is 27.7 Å². The third kappa shape index (κ3) is 8.00. The summed E-state index contributed by atoms with van der Waals surface area (Å²) in [6.07, 6.45) is -3.06. The monoisotopic (exact) mass is 476 g/mol. The van der Waals surface area contributed by atoms with E-state index in [4.69, 9.17) is 18.9 Å². The summed E-state index contributed by atoms with van der Waals surface area (Å²) in [5.41, 5.74) is 2.50. The second-order valence-electron chi connectivity index (χ2n) is 6.92. The Morgan fingerprint density at radius 2 is 1.65 bits per heavy atom. The van der Waals surface area contributed by atoms with Crippen LogP contribution in [0.5, 0.6) is 0 Å². The predicted octanol–water partition coefficient (Wildman–Crippen LogP) is 0.679. The molecule has 13 heteroatoms. The SMILES string of the molecule is CC(=O)OC[C@H](OC(C)=O)[C@H](OC(C)=O)[C@@H](/C=N/Nc1nc2ccccc2c(=O)[nH]1)OC(C)=O. The average molecular weight is 476 g/mol. The van der Waals surface area contributed by atoms with Gasteiger partial charge in [-0.1, -0.05) is 12.1 Å². The molecule has 0 aliphatic rings. The van der Waals surface area contributed by atoms with Gasteiger partial charge in [0.15, 0.2) is 18.3 Å². The van der Waals surface area contributed by atoms with Crippen molar-refractivity contribution in [2.75, 3.05) is 12.0 Å². The van der Waals surface area contributed by atoms with Gasteiger partial charge >= 0.3 is 23.9 Å². The zero-order valence-corrected chi connectivity index (χ0v) is 18.9. The summed E-state index contributed by atoms with van der Waals surface area (Å²) < 4.78 is 20.4. The standard InChI is InChI=1S/C21H24N4O9/c1-11(26)31-10-18(33-13(3)28)19(34-14(4)29)17(32-12(2)27)9-22-25-21-23-16-8-6-5-7-15(16)20(30)24-21/h5-9,17-19H,10H2,1-4H3,(H2,23,24,25,30)/b22-9+/t17-,18+,19-/m1/s1. The van der Waals surface area contributed by atoms with Crippen molar-refractivity contribution in [2.24, 2.45) is 5.10 Å². The van der Waals surface area contributed by atoms with Crippen LogP contribution in [0.15, 0.2) is 34.2 Å². The molecular weight excluding hydrogens is 452 g/mol. The Balaban J connectivity index is 2.34. The Labute approximate surface area is 193 Å². The lowest BCUT2D eigenvalue weighted by Crippen LogP contribution is -2.48. The molecule has 1 aromatic carbocycles. The number of aromatic amines is 1. The maximum Gasteiger partial charge on any atom is 0.303 e. The van der Waals surface area contributed by atoms with E-state index in [1.54, 1.807) is 24.3 Å². The molecule has 0 saturated carbocycles. The first-order valence-corrected chi connectivity index (χ1v) is 10.00. The minimum Gasteiger partial charge on any atom is -0.462 e. The van der Waals surface area contributed by atoms with Crippen LogP contribution >= 0.6 is 0 Å². The van der Waals surface area contributed by atoms with Gasteiger partial charge in [0, 0.05) is 27.7 Å². The van der Waals surface area contributed by atoms with Crippen LogP contribution in [0.25, 0.3) is 10.9 Å². The highest BCUT2D eigenvalue weighted by molar-refractivity contribution is 5.78. The van der Waals surface area contributed by atoms with Crippen LogP contribution in [0.3, 0.4) is 0 Å². The van der Waals surface area contributed by atoms with Crippen molar-refractivity contribution in [3.63, 3.8) is 0 Å². The van der Waals surface area contributed by atoms with Gasteiger partial charge in [-0.3, -0.25) is 29.0 Å². The summed E-state index contributed by atoms with van der Waals surface area (Å²) in [7, 11) is 0. The summed E-state index contributed by atoms with van der Waals surface area (Å²) >= 11 is 0. The molecule has 0 unspecified atom stereocenters. The Morgan fingerprint density at radius 3 is 2.26 bits per heavy atom. The Morgan fingerprint density at radius 1 is 1.00 bits per heavy atom. The molecule has 1 aromatic heterocycles. The second-order valence-corrected chi connectivity index (χ2v) is 6.92. The van der Waals surface area contributed by atoms with Crippen molar-refractivity contribution in [1.82, 2.24) is 9.97 Å².